The summed E-state index contributed by atoms with van der Waals surface area (Å²) in [6.45, 7) is 18.4. The van der Waals surface area contributed by atoms with Crippen LogP contribution in [0.5, 0.6) is 0 Å². The number of benzene rings is 1. The highest BCUT2D eigenvalue weighted by atomic mass is 28.4. The topological polar surface area (TPSA) is 60.8 Å². The van der Waals surface area contributed by atoms with Gasteiger partial charge in [-0.15, -0.1) is 0 Å². The summed E-state index contributed by atoms with van der Waals surface area (Å²) in [6, 6.07) is 5.20. The number of ether oxygens (including phenoxy) is 2. The summed E-state index contributed by atoms with van der Waals surface area (Å²) < 4.78 is 60.1. The third-order valence-electron chi connectivity index (χ3n) is 9.63. The molecule has 41 heavy (non-hydrogen) atoms. The van der Waals surface area contributed by atoms with Crippen molar-refractivity contribution >= 4 is 8.32 Å². The highest BCUT2D eigenvalue weighted by molar-refractivity contribution is 6.74. The van der Waals surface area contributed by atoms with Crippen LogP contribution in [0.3, 0.4) is 0 Å². The largest absolute Gasteiger partial charge is 0.416 e. The summed E-state index contributed by atoms with van der Waals surface area (Å²) in [5, 5.41) is 11.1. The molecule has 2 unspecified atom stereocenters. The number of rotatable bonds is 4. The van der Waals surface area contributed by atoms with E-state index in [4.69, 9.17) is 18.9 Å². The first-order chi connectivity index (χ1) is 18.9. The van der Waals surface area contributed by atoms with Crippen molar-refractivity contribution in [2.24, 2.45) is 5.41 Å². The van der Waals surface area contributed by atoms with Crippen LogP contribution >= 0.6 is 0 Å². The minimum absolute atomic E-state index is 0.000534. The maximum Gasteiger partial charge on any atom is 0.416 e. The fourth-order valence-corrected chi connectivity index (χ4v) is 7.76. The Morgan fingerprint density at radius 2 is 1.66 bits per heavy atom. The predicted octanol–water partition coefficient (Wildman–Crippen LogP) is 8.31. The minimum atomic E-state index is -4.43. The van der Waals surface area contributed by atoms with E-state index in [1.807, 2.05) is 0 Å². The Kier molecular flexibility index (Phi) is 7.59. The molecule has 3 atom stereocenters. The van der Waals surface area contributed by atoms with Gasteiger partial charge in [0.1, 0.15) is 6.10 Å². The Labute approximate surface area is 242 Å². The third kappa shape index (κ3) is 5.53. The van der Waals surface area contributed by atoms with E-state index in [0.29, 0.717) is 37.3 Å². The summed E-state index contributed by atoms with van der Waals surface area (Å²) in [5.41, 5.74) is 3.48. The van der Waals surface area contributed by atoms with Gasteiger partial charge in [0.15, 0.2) is 8.32 Å². The zero-order chi connectivity index (χ0) is 30.2. The van der Waals surface area contributed by atoms with Crippen LogP contribution in [0.4, 0.5) is 13.2 Å². The number of hydrogen-bond acceptors (Lipinski definition) is 5. The van der Waals surface area contributed by atoms with Crippen molar-refractivity contribution in [3.63, 3.8) is 0 Å². The van der Waals surface area contributed by atoms with Gasteiger partial charge in [-0.2, -0.15) is 13.2 Å². The SMILES string of the molecule is CC(O)c1nc2c(c3c1[C@@H](c1ccc(C(F)(F)F)cc1)OC31CCOCC1)C(O[Si](C)(C)C(C)(C)C)CC(C)(C)C2. The van der Waals surface area contributed by atoms with Crippen molar-refractivity contribution < 1.29 is 32.2 Å². The fourth-order valence-electron chi connectivity index (χ4n) is 6.50. The number of halogens is 3. The second-order valence-electron chi connectivity index (χ2n) is 14.5. The Morgan fingerprint density at radius 1 is 1.05 bits per heavy atom. The molecule has 5 rings (SSSR count). The molecule has 1 fully saturated rings. The van der Waals surface area contributed by atoms with Gasteiger partial charge in [0, 0.05) is 42.9 Å². The first-order valence-corrected chi connectivity index (χ1v) is 17.6. The molecule has 1 aromatic carbocycles. The molecule has 0 saturated carbocycles. The summed E-state index contributed by atoms with van der Waals surface area (Å²) >= 11 is 0. The van der Waals surface area contributed by atoms with Crippen molar-refractivity contribution in [1.29, 1.82) is 0 Å². The number of aliphatic hydroxyl groups excluding tert-OH is 1. The smallest absolute Gasteiger partial charge is 0.410 e. The molecule has 0 bridgehead atoms. The second-order valence-corrected chi connectivity index (χ2v) is 19.2. The predicted molar refractivity (Wildman–Crippen MR) is 154 cm³/mol. The lowest BCUT2D eigenvalue weighted by atomic mass is 9.70. The van der Waals surface area contributed by atoms with Crippen LogP contribution in [-0.4, -0.2) is 31.6 Å². The van der Waals surface area contributed by atoms with Crippen LogP contribution in [0.2, 0.25) is 18.1 Å². The number of aromatic nitrogens is 1. The summed E-state index contributed by atoms with van der Waals surface area (Å²) in [7, 11) is -2.21. The van der Waals surface area contributed by atoms with Crippen molar-refractivity contribution in [1.82, 2.24) is 4.98 Å². The lowest BCUT2D eigenvalue weighted by molar-refractivity contribution is -0.137. The molecule has 2 aromatic rings. The quantitative estimate of drug-likeness (QED) is 0.363. The molecule has 0 radical (unpaired) electrons. The number of alkyl halides is 3. The first kappa shape index (κ1) is 30.7. The summed E-state index contributed by atoms with van der Waals surface area (Å²) in [5.74, 6) is 0. The molecule has 1 saturated heterocycles. The maximum atomic E-state index is 13.4. The zero-order valence-electron chi connectivity index (χ0n) is 25.5. The van der Waals surface area contributed by atoms with Crippen LogP contribution in [0.15, 0.2) is 24.3 Å². The van der Waals surface area contributed by atoms with Gasteiger partial charge in [-0.05, 0) is 66.6 Å². The van der Waals surface area contributed by atoms with Crippen molar-refractivity contribution in [2.45, 2.75) is 115 Å². The van der Waals surface area contributed by atoms with Gasteiger partial charge < -0.3 is 19.0 Å². The van der Waals surface area contributed by atoms with E-state index in [9.17, 15) is 18.3 Å². The average Bonchev–Trinajstić information content (AvgIpc) is 3.15. The van der Waals surface area contributed by atoms with Gasteiger partial charge in [-0.3, -0.25) is 4.98 Å². The number of aliphatic hydroxyl groups is 1. The maximum absolute atomic E-state index is 13.4. The Hall–Kier alpha value is -1.78. The summed E-state index contributed by atoms with van der Waals surface area (Å²) in [4.78, 5) is 5.13. The number of hydrogen-bond donors (Lipinski definition) is 1. The molecule has 9 heteroatoms. The number of nitrogens with zero attached hydrogens (tertiary/aromatic N) is 1. The highest BCUT2D eigenvalue weighted by Gasteiger charge is 2.54. The lowest BCUT2D eigenvalue weighted by Gasteiger charge is -2.46. The normalized spacial score (nSPS) is 24.7. The van der Waals surface area contributed by atoms with E-state index < -0.39 is 37.9 Å². The molecule has 2 aliphatic heterocycles. The molecule has 3 heterocycles. The van der Waals surface area contributed by atoms with E-state index in [-0.39, 0.29) is 16.6 Å². The van der Waals surface area contributed by atoms with Gasteiger partial charge in [-0.1, -0.05) is 46.8 Å². The van der Waals surface area contributed by atoms with E-state index in [2.05, 4.69) is 47.7 Å². The zero-order valence-corrected chi connectivity index (χ0v) is 26.5. The summed E-state index contributed by atoms with van der Waals surface area (Å²) in [6.07, 6.45) is -3.37. The van der Waals surface area contributed by atoms with Crippen molar-refractivity contribution in [3.8, 4) is 0 Å². The van der Waals surface area contributed by atoms with Crippen LogP contribution < -0.4 is 0 Å². The van der Waals surface area contributed by atoms with E-state index in [1.54, 1.807) is 6.92 Å². The van der Waals surface area contributed by atoms with E-state index >= 15 is 0 Å². The molecular formula is C32H44F3NO4Si. The molecule has 3 aliphatic rings. The molecule has 1 aromatic heterocycles. The standard InChI is InChI=1S/C32H44F3NO4Si/c1-19(37)27-25-26(24-22(36-27)17-30(5,6)18-23(24)40-41(7,8)29(2,3)4)31(13-15-38-16-14-31)39-28(25)20-9-11-21(12-10-20)32(33,34)35/h9-12,19,23,28,37H,13-18H2,1-8H3/t19?,23?,28-/m1/s1. The van der Waals surface area contributed by atoms with Gasteiger partial charge in [0.05, 0.1) is 29.1 Å². The van der Waals surface area contributed by atoms with Gasteiger partial charge in [0.25, 0.3) is 0 Å². The molecular weight excluding hydrogens is 547 g/mol. The monoisotopic (exact) mass is 591 g/mol. The second kappa shape index (κ2) is 10.1. The van der Waals surface area contributed by atoms with Crippen LogP contribution in [0.1, 0.15) is 118 Å². The van der Waals surface area contributed by atoms with Crippen molar-refractivity contribution in [3.05, 3.63) is 63.5 Å². The van der Waals surface area contributed by atoms with Gasteiger partial charge in [0.2, 0.25) is 0 Å². The van der Waals surface area contributed by atoms with Crippen LogP contribution in [0.25, 0.3) is 0 Å². The minimum Gasteiger partial charge on any atom is -0.410 e. The average molecular weight is 592 g/mol. The molecule has 1 spiro atoms. The molecule has 226 valence electrons. The Bertz CT molecular complexity index is 1290. The van der Waals surface area contributed by atoms with Crippen molar-refractivity contribution in [2.75, 3.05) is 13.2 Å². The van der Waals surface area contributed by atoms with Gasteiger partial charge in [-0.25, -0.2) is 0 Å². The highest BCUT2D eigenvalue weighted by Crippen LogP contribution is 2.59. The molecule has 0 amide bonds. The van der Waals surface area contributed by atoms with Crippen LogP contribution in [-0.2, 0) is 32.1 Å². The number of fused-ring (bicyclic) bond motifs is 4. The van der Waals surface area contributed by atoms with Gasteiger partial charge >= 0.3 is 6.18 Å². The van der Waals surface area contributed by atoms with E-state index in [0.717, 1.165) is 47.4 Å². The first-order valence-electron chi connectivity index (χ1n) is 14.7. The third-order valence-corrected chi connectivity index (χ3v) is 14.1. The lowest BCUT2D eigenvalue weighted by Crippen LogP contribution is -2.45. The Balaban J connectivity index is 1.76. The van der Waals surface area contributed by atoms with E-state index in [1.165, 1.54) is 12.1 Å². The molecule has 1 aliphatic carbocycles. The van der Waals surface area contributed by atoms with Crippen LogP contribution in [0, 0.1) is 5.41 Å². The Morgan fingerprint density at radius 3 is 2.20 bits per heavy atom. The molecule has 1 N–H and O–H groups in total. The number of pyridine rings is 1. The fraction of sp³-hybridized carbons (Fsp3) is 0.656. The molecule has 5 nitrogen and oxygen atoms in total.